The predicted octanol–water partition coefficient (Wildman–Crippen LogP) is 1.30. The minimum Gasteiger partial charge on any atom is -0.481 e. The Morgan fingerprint density at radius 1 is 1.41 bits per heavy atom. The van der Waals surface area contributed by atoms with Crippen LogP contribution in [0.4, 0.5) is 0 Å². The molecule has 1 atom stereocenters. The first-order valence-electron chi connectivity index (χ1n) is 6.15. The number of sulfonamides is 1. The van der Waals surface area contributed by atoms with E-state index >= 15 is 0 Å². The summed E-state index contributed by atoms with van der Waals surface area (Å²) in [6.07, 6.45) is 3.20. The molecule has 5 nitrogen and oxygen atoms in total. The summed E-state index contributed by atoms with van der Waals surface area (Å²) in [4.78, 5) is 10.5. The van der Waals surface area contributed by atoms with Crippen LogP contribution in [0, 0.1) is 5.92 Å². The maximum atomic E-state index is 11.6. The molecule has 1 saturated heterocycles. The van der Waals surface area contributed by atoms with E-state index in [0.717, 1.165) is 12.8 Å². The molecule has 6 heteroatoms. The van der Waals surface area contributed by atoms with E-state index in [1.54, 1.807) is 0 Å². The molecule has 0 spiro atoms. The molecular weight excluding hydrogens is 242 g/mol. The lowest BCUT2D eigenvalue weighted by Gasteiger charge is -2.18. The van der Waals surface area contributed by atoms with Crippen molar-refractivity contribution in [2.24, 2.45) is 5.92 Å². The average Bonchev–Trinajstić information content (AvgIpc) is 2.58. The molecule has 1 unspecified atom stereocenters. The Labute approximate surface area is 103 Å². The third-order valence-corrected chi connectivity index (χ3v) is 5.29. The minimum atomic E-state index is -3.01. The number of hydrogen-bond donors (Lipinski definition) is 1. The normalized spacial score (nSPS) is 21.5. The Hall–Kier alpha value is -0.620. The standard InChI is InChI=1S/C11H21NO4S/c1-2-10(4-5-11(13)14)6-8-12-7-3-9-17(12,15)16/h10H,2-9H2,1H3,(H,13,14). The van der Waals surface area contributed by atoms with Crippen LogP contribution in [0.15, 0.2) is 0 Å². The molecule has 1 rings (SSSR count). The number of aliphatic carboxylic acids is 1. The molecule has 0 aromatic heterocycles. The number of carboxylic acid groups (broad SMARTS) is 1. The molecule has 0 radical (unpaired) electrons. The number of hydrogen-bond acceptors (Lipinski definition) is 3. The second-order valence-corrected chi connectivity index (χ2v) is 6.65. The second-order valence-electron chi connectivity index (χ2n) is 4.56. The van der Waals surface area contributed by atoms with Crippen molar-refractivity contribution >= 4 is 16.0 Å². The molecule has 0 aliphatic carbocycles. The zero-order valence-corrected chi connectivity index (χ0v) is 11.1. The lowest BCUT2D eigenvalue weighted by molar-refractivity contribution is -0.137. The first kappa shape index (κ1) is 14.4. The topological polar surface area (TPSA) is 74.7 Å². The molecular formula is C11H21NO4S. The Morgan fingerprint density at radius 2 is 2.12 bits per heavy atom. The minimum absolute atomic E-state index is 0.172. The van der Waals surface area contributed by atoms with E-state index in [-0.39, 0.29) is 12.2 Å². The molecule has 17 heavy (non-hydrogen) atoms. The summed E-state index contributed by atoms with van der Waals surface area (Å²) in [5, 5.41) is 8.61. The lowest BCUT2D eigenvalue weighted by Crippen LogP contribution is -2.28. The van der Waals surface area contributed by atoms with E-state index in [9.17, 15) is 13.2 Å². The van der Waals surface area contributed by atoms with Crippen molar-refractivity contribution in [2.45, 2.75) is 39.0 Å². The van der Waals surface area contributed by atoms with Crippen LogP contribution in [-0.2, 0) is 14.8 Å². The smallest absolute Gasteiger partial charge is 0.303 e. The van der Waals surface area contributed by atoms with E-state index in [1.807, 2.05) is 6.92 Å². The molecule has 0 aromatic carbocycles. The summed E-state index contributed by atoms with van der Waals surface area (Å²) in [6, 6.07) is 0. The summed E-state index contributed by atoms with van der Waals surface area (Å²) in [7, 11) is -3.01. The summed E-state index contributed by atoms with van der Waals surface area (Å²) in [5.41, 5.74) is 0. The Balaban J connectivity index is 2.35. The quantitative estimate of drug-likeness (QED) is 0.751. The van der Waals surface area contributed by atoms with Gasteiger partial charge in [0.25, 0.3) is 0 Å². The van der Waals surface area contributed by atoms with Crippen LogP contribution in [-0.4, -0.2) is 42.6 Å². The van der Waals surface area contributed by atoms with Crippen molar-refractivity contribution in [1.82, 2.24) is 4.31 Å². The van der Waals surface area contributed by atoms with Crippen molar-refractivity contribution in [2.75, 3.05) is 18.8 Å². The highest BCUT2D eigenvalue weighted by Crippen LogP contribution is 2.19. The van der Waals surface area contributed by atoms with Crippen LogP contribution in [0.1, 0.15) is 39.0 Å². The van der Waals surface area contributed by atoms with Crippen LogP contribution in [0.2, 0.25) is 0 Å². The molecule has 1 N–H and O–H groups in total. The van der Waals surface area contributed by atoms with Gasteiger partial charge in [0.2, 0.25) is 10.0 Å². The maximum Gasteiger partial charge on any atom is 0.303 e. The van der Waals surface area contributed by atoms with Crippen LogP contribution in [0.3, 0.4) is 0 Å². The van der Waals surface area contributed by atoms with Crippen LogP contribution >= 0.6 is 0 Å². The van der Waals surface area contributed by atoms with Gasteiger partial charge in [0.15, 0.2) is 0 Å². The first-order valence-corrected chi connectivity index (χ1v) is 7.76. The van der Waals surface area contributed by atoms with Crippen molar-refractivity contribution in [3.05, 3.63) is 0 Å². The van der Waals surface area contributed by atoms with Crippen molar-refractivity contribution in [3.63, 3.8) is 0 Å². The summed E-state index contributed by atoms with van der Waals surface area (Å²) in [5.74, 6) is -0.210. The summed E-state index contributed by atoms with van der Waals surface area (Å²) < 4.78 is 24.7. The van der Waals surface area contributed by atoms with Gasteiger partial charge >= 0.3 is 5.97 Å². The molecule has 1 aliphatic heterocycles. The molecule has 1 fully saturated rings. The molecule has 0 bridgehead atoms. The SMILES string of the molecule is CCC(CCC(=O)O)CCN1CCCS1(=O)=O. The van der Waals surface area contributed by atoms with Gasteiger partial charge in [0.05, 0.1) is 5.75 Å². The molecule has 0 aromatic rings. The van der Waals surface area contributed by atoms with Gasteiger partial charge in [0, 0.05) is 19.5 Å². The van der Waals surface area contributed by atoms with Gasteiger partial charge < -0.3 is 5.11 Å². The zero-order valence-electron chi connectivity index (χ0n) is 10.3. The monoisotopic (exact) mass is 263 g/mol. The van der Waals surface area contributed by atoms with Gasteiger partial charge in [0.1, 0.15) is 0 Å². The molecule has 0 amide bonds. The third-order valence-electron chi connectivity index (χ3n) is 3.33. The third kappa shape index (κ3) is 4.63. The Bertz CT molecular complexity index is 352. The highest BCUT2D eigenvalue weighted by Gasteiger charge is 2.28. The maximum absolute atomic E-state index is 11.6. The predicted molar refractivity (Wildman–Crippen MR) is 65.2 cm³/mol. The average molecular weight is 263 g/mol. The largest absolute Gasteiger partial charge is 0.481 e. The van der Waals surface area contributed by atoms with Gasteiger partial charge in [-0.05, 0) is 25.2 Å². The molecule has 1 aliphatic rings. The fourth-order valence-electron chi connectivity index (χ4n) is 2.15. The van der Waals surface area contributed by atoms with Gasteiger partial charge in [-0.25, -0.2) is 12.7 Å². The summed E-state index contributed by atoms with van der Waals surface area (Å²) >= 11 is 0. The van der Waals surface area contributed by atoms with Crippen molar-refractivity contribution in [1.29, 1.82) is 0 Å². The molecule has 0 saturated carbocycles. The number of carboxylic acids is 1. The number of rotatable bonds is 7. The Kier molecular flexibility index (Phi) is 5.39. The van der Waals surface area contributed by atoms with E-state index in [1.165, 1.54) is 4.31 Å². The van der Waals surface area contributed by atoms with E-state index < -0.39 is 16.0 Å². The molecule has 100 valence electrons. The Morgan fingerprint density at radius 3 is 2.59 bits per heavy atom. The highest BCUT2D eigenvalue weighted by atomic mass is 32.2. The highest BCUT2D eigenvalue weighted by molar-refractivity contribution is 7.89. The van der Waals surface area contributed by atoms with Gasteiger partial charge in [-0.2, -0.15) is 0 Å². The van der Waals surface area contributed by atoms with Crippen LogP contribution in [0.25, 0.3) is 0 Å². The van der Waals surface area contributed by atoms with E-state index in [4.69, 9.17) is 5.11 Å². The van der Waals surface area contributed by atoms with E-state index in [2.05, 4.69) is 0 Å². The molecule has 1 heterocycles. The fraction of sp³-hybridized carbons (Fsp3) is 0.909. The number of nitrogens with zero attached hydrogens (tertiary/aromatic N) is 1. The number of carbonyl (C=O) groups is 1. The van der Waals surface area contributed by atoms with Crippen LogP contribution < -0.4 is 0 Å². The summed E-state index contributed by atoms with van der Waals surface area (Å²) in [6.45, 7) is 3.18. The fourth-order valence-corrected chi connectivity index (χ4v) is 3.69. The van der Waals surface area contributed by atoms with E-state index in [0.29, 0.717) is 31.8 Å². The second kappa shape index (κ2) is 6.35. The van der Waals surface area contributed by atoms with Gasteiger partial charge in [-0.3, -0.25) is 4.79 Å². The van der Waals surface area contributed by atoms with Crippen molar-refractivity contribution in [3.8, 4) is 0 Å². The zero-order chi connectivity index (χ0) is 12.9. The van der Waals surface area contributed by atoms with Crippen LogP contribution in [0.5, 0.6) is 0 Å². The van der Waals surface area contributed by atoms with Gasteiger partial charge in [-0.1, -0.05) is 13.3 Å². The van der Waals surface area contributed by atoms with Crippen molar-refractivity contribution < 1.29 is 18.3 Å². The van der Waals surface area contributed by atoms with Gasteiger partial charge in [-0.15, -0.1) is 0 Å². The first-order chi connectivity index (χ1) is 7.95. The lowest BCUT2D eigenvalue weighted by atomic mass is 9.97.